The predicted molar refractivity (Wildman–Crippen MR) is 102 cm³/mol. The summed E-state index contributed by atoms with van der Waals surface area (Å²) in [5.41, 5.74) is -1.66. The van der Waals surface area contributed by atoms with E-state index in [9.17, 15) is 39.6 Å². The van der Waals surface area contributed by atoms with Crippen LogP contribution in [0.4, 0.5) is 30.7 Å². The highest BCUT2D eigenvalue weighted by molar-refractivity contribution is 7.92. The number of halogens is 7. The molecule has 0 bridgehead atoms. The molecule has 1 aromatic heterocycles. The summed E-state index contributed by atoms with van der Waals surface area (Å²) in [6.45, 7) is 0. The van der Waals surface area contributed by atoms with E-state index in [4.69, 9.17) is 0 Å². The quantitative estimate of drug-likeness (QED) is 0.602. The maximum absolute atomic E-state index is 15.4. The number of nitrogens with one attached hydrogen (secondary N) is 1. The zero-order valence-corrected chi connectivity index (χ0v) is 18.2. The SMILES string of the molecule is Cn1nc(C(F)(F)F)cc1C(=O)N[C@H]1CC[C@](F)(S(=O)(=O)c2cccc(OC(F)(F)F)c2)CC1. The molecule has 1 N–H and O–H groups in total. The molecule has 0 radical (unpaired) electrons. The van der Waals surface area contributed by atoms with E-state index in [2.05, 4.69) is 15.2 Å². The van der Waals surface area contributed by atoms with Crippen LogP contribution >= 0.6 is 0 Å². The van der Waals surface area contributed by atoms with E-state index >= 15 is 4.39 Å². The van der Waals surface area contributed by atoms with Gasteiger partial charge < -0.3 is 10.1 Å². The van der Waals surface area contributed by atoms with Crippen molar-refractivity contribution in [3.8, 4) is 5.75 Å². The average Bonchev–Trinajstić information content (AvgIpc) is 3.11. The first kappa shape index (κ1) is 25.8. The third-order valence-corrected chi connectivity index (χ3v) is 7.55. The van der Waals surface area contributed by atoms with Crippen LogP contribution in [0.25, 0.3) is 0 Å². The summed E-state index contributed by atoms with van der Waals surface area (Å²) in [7, 11) is -3.59. The fraction of sp³-hybridized carbons (Fsp3) is 0.474. The number of carbonyl (C=O) groups excluding carboxylic acids is 1. The monoisotopic (exact) mass is 517 g/mol. The third-order valence-electron chi connectivity index (χ3n) is 5.30. The Labute approximate surface area is 188 Å². The molecular formula is C19H18F7N3O4S. The number of nitrogens with zero attached hydrogens (tertiary/aromatic N) is 2. The fourth-order valence-electron chi connectivity index (χ4n) is 3.59. The van der Waals surface area contributed by atoms with Crippen LogP contribution in [0.1, 0.15) is 41.9 Å². The van der Waals surface area contributed by atoms with Gasteiger partial charge in [0.15, 0.2) is 5.69 Å². The van der Waals surface area contributed by atoms with Crippen molar-refractivity contribution in [1.29, 1.82) is 0 Å². The summed E-state index contributed by atoms with van der Waals surface area (Å²) in [4.78, 5) is 11.6. The Bertz CT molecular complexity index is 1170. The lowest BCUT2D eigenvalue weighted by Crippen LogP contribution is -2.45. The second-order valence-electron chi connectivity index (χ2n) is 7.69. The summed E-state index contributed by atoms with van der Waals surface area (Å²) >= 11 is 0. The van der Waals surface area contributed by atoms with Crippen molar-refractivity contribution in [3.63, 3.8) is 0 Å². The van der Waals surface area contributed by atoms with Crippen LogP contribution in [0.5, 0.6) is 5.75 Å². The molecule has 34 heavy (non-hydrogen) atoms. The van der Waals surface area contributed by atoms with Crippen molar-refractivity contribution in [2.75, 3.05) is 0 Å². The highest BCUT2D eigenvalue weighted by atomic mass is 32.2. The van der Waals surface area contributed by atoms with Crippen LogP contribution in [-0.4, -0.2) is 41.5 Å². The first-order valence-electron chi connectivity index (χ1n) is 9.73. The van der Waals surface area contributed by atoms with Crippen LogP contribution in [0.2, 0.25) is 0 Å². The van der Waals surface area contributed by atoms with E-state index in [-0.39, 0.29) is 12.8 Å². The Morgan fingerprint density at radius 1 is 1.15 bits per heavy atom. The van der Waals surface area contributed by atoms with E-state index in [1.807, 2.05) is 0 Å². The Kier molecular flexibility index (Phi) is 6.63. The summed E-state index contributed by atoms with van der Waals surface area (Å²) in [5, 5.41) is 2.84. The molecule has 0 saturated heterocycles. The molecular weight excluding hydrogens is 499 g/mol. The van der Waals surface area contributed by atoms with Gasteiger partial charge in [0, 0.05) is 19.2 Å². The van der Waals surface area contributed by atoms with Crippen LogP contribution in [-0.2, 0) is 23.1 Å². The summed E-state index contributed by atoms with van der Waals surface area (Å²) in [5.74, 6) is -1.73. The average molecular weight is 517 g/mol. The van der Waals surface area contributed by atoms with Crippen molar-refractivity contribution in [1.82, 2.24) is 15.1 Å². The van der Waals surface area contributed by atoms with Gasteiger partial charge in [0.2, 0.25) is 14.8 Å². The molecule has 2 aromatic rings. The van der Waals surface area contributed by atoms with Crippen molar-refractivity contribution in [2.45, 2.75) is 54.2 Å². The van der Waals surface area contributed by atoms with E-state index in [0.29, 0.717) is 12.1 Å². The largest absolute Gasteiger partial charge is 0.573 e. The van der Waals surface area contributed by atoms with Gasteiger partial charge in [-0.3, -0.25) is 9.48 Å². The molecule has 1 aliphatic rings. The Hall–Kier alpha value is -2.84. The number of rotatable bonds is 5. The van der Waals surface area contributed by atoms with Gasteiger partial charge in [-0.2, -0.15) is 18.3 Å². The van der Waals surface area contributed by atoms with Crippen LogP contribution in [0.15, 0.2) is 35.2 Å². The van der Waals surface area contributed by atoms with E-state index < -0.39 is 74.2 Å². The minimum atomic E-state index is -5.07. The minimum absolute atomic E-state index is 0.176. The molecule has 1 aliphatic carbocycles. The molecule has 0 spiro atoms. The van der Waals surface area contributed by atoms with E-state index in [1.54, 1.807) is 0 Å². The first-order valence-corrected chi connectivity index (χ1v) is 11.2. The predicted octanol–water partition coefficient (Wildman–Crippen LogP) is 4.15. The number of amides is 1. The summed E-state index contributed by atoms with van der Waals surface area (Å²) in [6.07, 6.45) is -11.4. The zero-order valence-electron chi connectivity index (χ0n) is 17.4. The van der Waals surface area contributed by atoms with Crippen molar-refractivity contribution >= 4 is 15.7 Å². The van der Waals surface area contributed by atoms with Gasteiger partial charge in [0.25, 0.3) is 5.91 Å². The van der Waals surface area contributed by atoms with Gasteiger partial charge in [-0.05, 0) is 43.9 Å². The molecule has 1 fully saturated rings. The maximum Gasteiger partial charge on any atom is 0.573 e. The lowest BCUT2D eigenvalue weighted by Gasteiger charge is -2.33. The van der Waals surface area contributed by atoms with Gasteiger partial charge in [0.1, 0.15) is 11.4 Å². The molecule has 7 nitrogen and oxygen atoms in total. The molecule has 1 heterocycles. The highest BCUT2D eigenvalue weighted by Crippen LogP contribution is 2.41. The minimum Gasteiger partial charge on any atom is -0.406 e. The van der Waals surface area contributed by atoms with Gasteiger partial charge >= 0.3 is 12.5 Å². The summed E-state index contributed by atoms with van der Waals surface area (Å²) in [6, 6.07) is 3.17. The van der Waals surface area contributed by atoms with E-state index in [0.717, 1.165) is 29.9 Å². The summed E-state index contributed by atoms with van der Waals surface area (Å²) < 4.78 is 121. The first-order chi connectivity index (χ1) is 15.5. The number of carbonyl (C=O) groups is 1. The Balaban J connectivity index is 1.69. The van der Waals surface area contributed by atoms with Gasteiger partial charge in [-0.1, -0.05) is 6.07 Å². The van der Waals surface area contributed by atoms with Crippen molar-refractivity contribution < 1.29 is 48.7 Å². The number of benzene rings is 1. The smallest absolute Gasteiger partial charge is 0.406 e. The second-order valence-corrected chi connectivity index (χ2v) is 9.90. The molecule has 0 unspecified atom stereocenters. The number of hydrogen-bond acceptors (Lipinski definition) is 5. The topological polar surface area (TPSA) is 90.3 Å². The molecule has 1 amide bonds. The number of sulfone groups is 1. The van der Waals surface area contributed by atoms with Gasteiger partial charge in [-0.15, -0.1) is 13.2 Å². The lowest BCUT2D eigenvalue weighted by molar-refractivity contribution is -0.274. The van der Waals surface area contributed by atoms with Gasteiger partial charge in [-0.25, -0.2) is 12.8 Å². The maximum atomic E-state index is 15.4. The molecule has 0 atom stereocenters. The van der Waals surface area contributed by atoms with Crippen LogP contribution in [0.3, 0.4) is 0 Å². The molecule has 0 aliphatic heterocycles. The third kappa shape index (κ3) is 5.45. The number of aryl methyl sites for hydroxylation is 1. The number of aromatic nitrogens is 2. The lowest BCUT2D eigenvalue weighted by atomic mass is 9.93. The molecule has 1 saturated carbocycles. The molecule has 15 heteroatoms. The standard InChI is InChI=1S/C19H18F7N3O4S/c1-29-14(10-15(28-29)18(21,22)23)16(30)27-11-5-7-17(20,8-6-11)34(31,32)13-4-2-3-12(9-13)33-19(24,25)26/h2-4,9-11H,5-8H2,1H3,(H,27,30)/t11-,17-. The van der Waals surface area contributed by atoms with Gasteiger partial charge in [0.05, 0.1) is 4.90 Å². The molecule has 3 rings (SSSR count). The number of ether oxygens (including phenoxy) is 1. The molecule has 188 valence electrons. The fourth-order valence-corrected chi connectivity index (χ4v) is 5.31. The van der Waals surface area contributed by atoms with Crippen molar-refractivity contribution in [2.24, 2.45) is 7.05 Å². The zero-order chi connectivity index (χ0) is 25.5. The van der Waals surface area contributed by atoms with Crippen molar-refractivity contribution in [3.05, 3.63) is 41.7 Å². The van der Waals surface area contributed by atoms with Crippen LogP contribution < -0.4 is 10.1 Å². The van der Waals surface area contributed by atoms with Crippen LogP contribution in [0, 0.1) is 0 Å². The second kappa shape index (κ2) is 8.74. The normalized spacial score (nSPS) is 21.8. The van der Waals surface area contributed by atoms with E-state index in [1.165, 1.54) is 0 Å². The number of hydrogen-bond donors (Lipinski definition) is 1. The Morgan fingerprint density at radius 2 is 1.76 bits per heavy atom. The highest BCUT2D eigenvalue weighted by Gasteiger charge is 2.48. The Morgan fingerprint density at radius 3 is 2.29 bits per heavy atom. The molecule has 1 aromatic carbocycles. The number of alkyl halides is 7.